The average Bonchev–Trinajstić information content (AvgIpc) is 3.42. The van der Waals surface area contributed by atoms with Gasteiger partial charge in [0.2, 0.25) is 0 Å². The van der Waals surface area contributed by atoms with Gasteiger partial charge in [-0.05, 0) is 125 Å². The van der Waals surface area contributed by atoms with E-state index >= 15 is 0 Å². The molecule has 0 saturated heterocycles. The van der Waals surface area contributed by atoms with Crippen LogP contribution in [-0.2, 0) is 0 Å². The molecule has 0 aliphatic heterocycles. The number of benzene rings is 7. The quantitative estimate of drug-likeness (QED) is 0.156. The lowest BCUT2D eigenvalue weighted by Gasteiger charge is -2.09. The topological polar surface area (TPSA) is 0 Å². The molecule has 0 bridgehead atoms. The van der Waals surface area contributed by atoms with Crippen LogP contribution in [0.2, 0.25) is 0 Å². The van der Waals surface area contributed by atoms with Crippen molar-refractivity contribution in [1.29, 1.82) is 0 Å². The van der Waals surface area contributed by atoms with Crippen LogP contribution >= 0.6 is 31.9 Å². The number of hydrogen-bond donors (Lipinski definition) is 0. The minimum atomic E-state index is 1.18. The van der Waals surface area contributed by atoms with Crippen molar-refractivity contribution in [1.82, 2.24) is 0 Å². The maximum atomic E-state index is 4.11. The van der Waals surface area contributed by atoms with Gasteiger partial charge in [-0.2, -0.15) is 0 Å². The van der Waals surface area contributed by atoms with Crippen LogP contribution in [0.4, 0.5) is 0 Å². The van der Waals surface area contributed by atoms with Crippen LogP contribution in [0.5, 0.6) is 0 Å². The summed E-state index contributed by atoms with van der Waals surface area (Å²) >= 11 is 8.22. The smallest absolute Gasteiger partial charge is 0.0339 e. The Morgan fingerprint density at radius 2 is 0.806 bits per heavy atom. The van der Waals surface area contributed by atoms with Gasteiger partial charge in [-0.3, -0.25) is 0 Å². The van der Waals surface area contributed by atoms with Crippen molar-refractivity contribution in [3.63, 3.8) is 0 Å². The summed E-state index contributed by atoms with van der Waals surface area (Å²) in [4.78, 5) is 0. The number of rotatable bonds is 0. The first kappa shape index (κ1) is 19.7. The Labute approximate surface area is 223 Å². The van der Waals surface area contributed by atoms with Crippen molar-refractivity contribution in [2.24, 2.45) is 0 Å². The van der Waals surface area contributed by atoms with Gasteiger partial charge >= 0.3 is 0 Å². The Balaban J connectivity index is 1.57. The zero-order chi connectivity index (χ0) is 23.7. The van der Waals surface area contributed by atoms with Gasteiger partial charge in [0, 0.05) is 19.7 Å². The van der Waals surface area contributed by atoms with E-state index in [1.807, 2.05) is 0 Å². The van der Waals surface area contributed by atoms with Crippen LogP contribution in [0.3, 0.4) is 0 Å². The Morgan fingerprint density at radius 3 is 1.50 bits per heavy atom. The predicted octanol–water partition coefficient (Wildman–Crippen LogP) is 11.3. The summed E-state index contributed by atoms with van der Waals surface area (Å²) in [7, 11) is 0. The molecule has 0 unspecified atom stereocenters. The third kappa shape index (κ3) is 2.22. The number of halogens is 2. The van der Waals surface area contributed by atoms with E-state index < -0.39 is 0 Å². The summed E-state index contributed by atoms with van der Waals surface area (Å²) in [6, 6.07) is 36.0. The van der Waals surface area contributed by atoms with Crippen molar-refractivity contribution in [2.75, 3.05) is 0 Å². The van der Waals surface area contributed by atoms with Crippen LogP contribution in [0.1, 0.15) is 0 Å². The molecular weight excluding hydrogens is 568 g/mol. The molecule has 0 radical (unpaired) electrons. The summed E-state index contributed by atoms with van der Waals surface area (Å²) in [6.07, 6.45) is 0. The highest BCUT2D eigenvalue weighted by Gasteiger charge is 2.22. The molecule has 0 aliphatic carbocycles. The van der Waals surface area contributed by atoms with E-state index in [1.54, 1.807) is 0 Å². The standard InChI is InChI=1S/C34H16Br2/c35-33-26-15-24-21-10-3-7-17-8-4-11-22(29(17)21)25(24)16-27(26)34(36)32-28-14-18-6-1-2-9-19(18)20-12-5-13-23(30(20)28)31(32)33/h1-16H. The van der Waals surface area contributed by atoms with Crippen molar-refractivity contribution < 1.29 is 0 Å². The number of hydrogen-bond acceptors (Lipinski definition) is 0. The van der Waals surface area contributed by atoms with Gasteiger partial charge < -0.3 is 0 Å². The zero-order valence-electron chi connectivity index (χ0n) is 19.0. The van der Waals surface area contributed by atoms with Crippen molar-refractivity contribution in [3.8, 4) is 0 Å². The molecule has 9 aromatic rings. The molecule has 0 amide bonds. The number of fused-ring (bicyclic) bond motifs is 9. The molecular formula is C34H16Br2. The second-order valence-corrected chi connectivity index (χ2v) is 11.5. The average molecular weight is 584 g/mol. The highest BCUT2D eigenvalue weighted by atomic mass is 79.9. The largest absolute Gasteiger partial charge is 0.0616 e. The maximum Gasteiger partial charge on any atom is 0.0339 e. The Morgan fingerprint density at radius 1 is 0.306 bits per heavy atom. The normalized spacial score (nSPS) is 12.7. The van der Waals surface area contributed by atoms with E-state index in [1.165, 1.54) is 95.1 Å². The fourth-order valence-electron chi connectivity index (χ4n) is 6.76. The Hall–Kier alpha value is -3.46. The molecule has 0 nitrogen and oxygen atoms in total. The molecule has 0 saturated carbocycles. The summed E-state index contributed by atoms with van der Waals surface area (Å²) in [5.41, 5.74) is 0. The molecule has 0 heterocycles. The maximum absolute atomic E-state index is 4.11. The van der Waals surface area contributed by atoms with E-state index in [-0.39, 0.29) is 0 Å². The second-order valence-electron chi connectivity index (χ2n) is 9.90. The Bertz CT molecular complexity index is 2370. The van der Waals surface area contributed by atoms with Gasteiger partial charge in [0.05, 0.1) is 0 Å². The van der Waals surface area contributed by atoms with E-state index in [2.05, 4.69) is 129 Å². The molecule has 0 spiro atoms. The highest BCUT2D eigenvalue weighted by Crippen LogP contribution is 2.51. The van der Waals surface area contributed by atoms with Crippen LogP contribution < -0.4 is 0 Å². The molecule has 36 heavy (non-hydrogen) atoms. The predicted molar refractivity (Wildman–Crippen MR) is 164 cm³/mol. The second kappa shape index (κ2) is 6.64. The zero-order valence-corrected chi connectivity index (χ0v) is 22.2. The molecule has 0 atom stereocenters. The summed E-state index contributed by atoms with van der Waals surface area (Å²) < 4.78 is 2.35. The molecule has 9 aromatic carbocycles. The van der Waals surface area contributed by atoms with Crippen molar-refractivity contribution in [3.05, 3.63) is 106 Å². The third-order valence-corrected chi connectivity index (χ3v) is 9.88. The lowest BCUT2D eigenvalue weighted by Crippen LogP contribution is -1.81. The van der Waals surface area contributed by atoms with Crippen LogP contribution in [-0.4, -0.2) is 0 Å². The minimum absolute atomic E-state index is 1.18. The molecule has 0 fully saturated rings. The summed E-state index contributed by atoms with van der Waals surface area (Å²) in [6.45, 7) is 0. The lowest BCUT2D eigenvalue weighted by atomic mass is 9.99. The van der Waals surface area contributed by atoms with Gasteiger partial charge in [-0.25, -0.2) is 0 Å². The first-order valence-corrected chi connectivity index (χ1v) is 13.8. The minimum Gasteiger partial charge on any atom is -0.0616 e. The van der Waals surface area contributed by atoms with Gasteiger partial charge in [0.15, 0.2) is 0 Å². The van der Waals surface area contributed by atoms with Gasteiger partial charge in [0.25, 0.3) is 0 Å². The molecule has 0 N–H and O–H groups in total. The van der Waals surface area contributed by atoms with Gasteiger partial charge in [-0.1, -0.05) is 78.9 Å². The van der Waals surface area contributed by atoms with Gasteiger partial charge in [0.1, 0.15) is 0 Å². The molecule has 0 aliphatic rings. The lowest BCUT2D eigenvalue weighted by molar-refractivity contribution is 1.81. The summed E-state index contributed by atoms with van der Waals surface area (Å²) in [5.74, 6) is 0. The molecule has 166 valence electrons. The fourth-order valence-corrected chi connectivity index (χ4v) is 8.24. The van der Waals surface area contributed by atoms with Crippen LogP contribution in [0.15, 0.2) is 106 Å². The third-order valence-electron chi connectivity index (χ3n) is 8.23. The van der Waals surface area contributed by atoms with E-state index in [4.69, 9.17) is 0 Å². The summed E-state index contributed by atoms with van der Waals surface area (Å²) in [5, 5.41) is 20.9. The van der Waals surface area contributed by atoms with E-state index in [9.17, 15) is 0 Å². The van der Waals surface area contributed by atoms with Crippen molar-refractivity contribution in [2.45, 2.75) is 0 Å². The van der Waals surface area contributed by atoms with Crippen LogP contribution in [0.25, 0.3) is 86.2 Å². The monoisotopic (exact) mass is 582 g/mol. The van der Waals surface area contributed by atoms with Crippen LogP contribution in [0, 0.1) is 0 Å². The Kier molecular flexibility index (Phi) is 3.64. The molecule has 0 aromatic heterocycles. The van der Waals surface area contributed by atoms with Gasteiger partial charge in [-0.15, -0.1) is 0 Å². The molecule has 2 heteroatoms. The fraction of sp³-hybridized carbons (Fsp3) is 0. The van der Waals surface area contributed by atoms with Crippen molar-refractivity contribution >= 4 is 118 Å². The first-order chi connectivity index (χ1) is 17.7. The first-order valence-electron chi connectivity index (χ1n) is 12.2. The molecule has 9 rings (SSSR count). The van der Waals surface area contributed by atoms with E-state index in [0.717, 1.165) is 0 Å². The highest BCUT2D eigenvalue weighted by molar-refractivity contribution is 9.11. The van der Waals surface area contributed by atoms with E-state index in [0.29, 0.717) is 0 Å². The SMILES string of the molecule is Brc1c2cc3c(cc2c(Br)c2c4cc5ccccc5c5cccc(c12)c54)c1cccc2cccc3c21.